The van der Waals surface area contributed by atoms with Gasteiger partial charge in [-0.2, -0.15) is 0 Å². The van der Waals surface area contributed by atoms with Crippen LogP contribution < -0.4 is 5.32 Å². The van der Waals surface area contributed by atoms with Gasteiger partial charge in [-0.1, -0.05) is 31.2 Å². The van der Waals surface area contributed by atoms with Gasteiger partial charge in [-0.05, 0) is 12.0 Å². The highest BCUT2D eigenvalue weighted by Crippen LogP contribution is 2.19. The highest BCUT2D eigenvalue weighted by molar-refractivity contribution is 5.87. The molecule has 6 heteroatoms. The van der Waals surface area contributed by atoms with Crippen LogP contribution in [-0.4, -0.2) is 41.3 Å². The number of carbonyl (C=O) groups is 1. The van der Waals surface area contributed by atoms with Gasteiger partial charge in [0.15, 0.2) is 11.5 Å². The Bertz CT molecular complexity index is 642. The van der Waals surface area contributed by atoms with Crippen molar-refractivity contribution < 1.29 is 14.6 Å². The minimum absolute atomic E-state index is 0.0375. The fourth-order valence-electron chi connectivity index (χ4n) is 1.95. The van der Waals surface area contributed by atoms with E-state index in [9.17, 15) is 9.90 Å². The first-order valence-corrected chi connectivity index (χ1v) is 7.08. The highest BCUT2D eigenvalue weighted by Gasteiger charge is 2.11. The maximum atomic E-state index is 11.2. The molecule has 0 bridgehead atoms. The Morgan fingerprint density at radius 2 is 2.00 bits per heavy atom. The first-order valence-electron chi connectivity index (χ1n) is 7.08. The van der Waals surface area contributed by atoms with Crippen LogP contribution in [0, 0.1) is 0 Å². The van der Waals surface area contributed by atoms with Crippen LogP contribution in [0.4, 0.5) is 5.82 Å². The minimum Gasteiger partial charge on any atom is -0.477 e. The molecule has 116 valence electrons. The monoisotopic (exact) mass is 301 g/mol. The van der Waals surface area contributed by atoms with Crippen molar-refractivity contribution >= 4 is 11.8 Å². The maximum absolute atomic E-state index is 11.2. The number of benzene rings is 1. The number of hydrogen-bond donors (Lipinski definition) is 2. The molecule has 0 aliphatic rings. The smallest absolute Gasteiger partial charge is 0.354 e. The molecule has 2 rings (SSSR count). The molecule has 0 atom stereocenters. The molecule has 0 aliphatic heterocycles. The molecule has 0 saturated carbocycles. The molecule has 0 radical (unpaired) electrons. The predicted molar refractivity (Wildman–Crippen MR) is 84.2 cm³/mol. The van der Waals surface area contributed by atoms with E-state index in [1.54, 1.807) is 7.11 Å². The number of rotatable bonds is 7. The summed E-state index contributed by atoms with van der Waals surface area (Å²) >= 11 is 0. The lowest BCUT2D eigenvalue weighted by Gasteiger charge is -2.08. The summed E-state index contributed by atoms with van der Waals surface area (Å²) in [5.41, 5.74) is 1.95. The van der Waals surface area contributed by atoms with E-state index in [4.69, 9.17) is 4.74 Å². The van der Waals surface area contributed by atoms with Crippen molar-refractivity contribution in [3.05, 3.63) is 41.6 Å². The van der Waals surface area contributed by atoms with Crippen molar-refractivity contribution in [2.24, 2.45) is 0 Å². The number of carboxylic acid groups (broad SMARTS) is 1. The van der Waals surface area contributed by atoms with Gasteiger partial charge in [-0.3, -0.25) is 0 Å². The van der Waals surface area contributed by atoms with Gasteiger partial charge in [0, 0.05) is 25.3 Å². The van der Waals surface area contributed by atoms with Gasteiger partial charge in [-0.15, -0.1) is 0 Å². The van der Waals surface area contributed by atoms with Crippen LogP contribution in [0.25, 0.3) is 11.4 Å². The summed E-state index contributed by atoms with van der Waals surface area (Å²) in [6.07, 6.45) is 0.945. The Hall–Kier alpha value is -2.47. The maximum Gasteiger partial charge on any atom is 0.354 e. The zero-order valence-electron chi connectivity index (χ0n) is 12.7. The Morgan fingerprint density at radius 3 is 2.59 bits per heavy atom. The van der Waals surface area contributed by atoms with Crippen LogP contribution in [0.15, 0.2) is 30.3 Å². The lowest BCUT2D eigenvalue weighted by molar-refractivity contribution is 0.0690. The van der Waals surface area contributed by atoms with Gasteiger partial charge in [0.25, 0.3) is 0 Å². The van der Waals surface area contributed by atoms with E-state index < -0.39 is 5.97 Å². The van der Waals surface area contributed by atoms with Crippen molar-refractivity contribution in [3.8, 4) is 11.4 Å². The minimum atomic E-state index is -1.08. The molecule has 2 aromatic rings. The zero-order valence-corrected chi connectivity index (χ0v) is 12.7. The highest BCUT2D eigenvalue weighted by atomic mass is 16.5. The van der Waals surface area contributed by atoms with Crippen LogP contribution in [0.3, 0.4) is 0 Å². The quantitative estimate of drug-likeness (QED) is 0.764. The number of nitrogens with one attached hydrogen (secondary N) is 1. The number of carboxylic acids is 1. The molecule has 0 unspecified atom stereocenters. The van der Waals surface area contributed by atoms with Gasteiger partial charge >= 0.3 is 5.97 Å². The third-order valence-corrected chi connectivity index (χ3v) is 3.18. The topological polar surface area (TPSA) is 84.3 Å². The van der Waals surface area contributed by atoms with Crippen molar-refractivity contribution in [1.82, 2.24) is 9.97 Å². The summed E-state index contributed by atoms with van der Waals surface area (Å²) in [6, 6.07) is 9.20. The van der Waals surface area contributed by atoms with Crippen molar-refractivity contribution in [3.63, 3.8) is 0 Å². The Labute approximate surface area is 129 Å². The third kappa shape index (κ3) is 4.02. The van der Waals surface area contributed by atoms with Crippen molar-refractivity contribution in [2.45, 2.75) is 13.3 Å². The summed E-state index contributed by atoms with van der Waals surface area (Å²) in [5, 5.41) is 12.2. The van der Waals surface area contributed by atoms with E-state index in [0.717, 1.165) is 12.0 Å². The molecule has 1 heterocycles. The average Bonchev–Trinajstić information content (AvgIpc) is 2.55. The summed E-state index contributed by atoms with van der Waals surface area (Å²) in [7, 11) is 1.60. The Morgan fingerprint density at radius 1 is 1.27 bits per heavy atom. The lowest BCUT2D eigenvalue weighted by atomic mass is 10.1. The SMILES string of the molecule is CCc1ccc(-c2nc(NCCOC)cc(C(=O)O)n2)cc1. The molecule has 22 heavy (non-hydrogen) atoms. The van der Waals surface area contributed by atoms with Gasteiger partial charge in [0.2, 0.25) is 0 Å². The van der Waals surface area contributed by atoms with Crippen molar-refractivity contribution in [1.29, 1.82) is 0 Å². The van der Waals surface area contributed by atoms with Gasteiger partial charge in [0.05, 0.1) is 6.61 Å². The summed E-state index contributed by atoms with van der Waals surface area (Å²) < 4.78 is 4.96. The number of nitrogens with zero attached hydrogens (tertiary/aromatic N) is 2. The molecule has 0 spiro atoms. The first-order chi connectivity index (χ1) is 10.6. The van der Waals surface area contributed by atoms with E-state index >= 15 is 0 Å². The van der Waals surface area contributed by atoms with Crippen LogP contribution in [0.1, 0.15) is 23.0 Å². The van der Waals surface area contributed by atoms with E-state index in [2.05, 4.69) is 22.2 Å². The number of aromatic nitrogens is 2. The van der Waals surface area contributed by atoms with Crippen LogP contribution in [0.5, 0.6) is 0 Å². The second-order valence-electron chi connectivity index (χ2n) is 4.74. The largest absolute Gasteiger partial charge is 0.477 e. The molecule has 0 fully saturated rings. The fourth-order valence-corrected chi connectivity index (χ4v) is 1.95. The summed E-state index contributed by atoms with van der Waals surface area (Å²) in [4.78, 5) is 19.7. The van der Waals surface area contributed by atoms with Gasteiger partial charge < -0.3 is 15.2 Å². The fraction of sp³-hybridized carbons (Fsp3) is 0.312. The zero-order chi connectivity index (χ0) is 15.9. The molecule has 2 N–H and O–H groups in total. The first kappa shape index (κ1) is 15.9. The number of hydrogen-bond acceptors (Lipinski definition) is 5. The van der Waals surface area contributed by atoms with E-state index in [-0.39, 0.29) is 5.69 Å². The molecule has 0 aliphatic carbocycles. The number of aromatic carboxylic acids is 1. The molecule has 6 nitrogen and oxygen atoms in total. The molecule has 0 amide bonds. The number of methoxy groups -OCH3 is 1. The molecular formula is C16H19N3O3. The van der Waals surface area contributed by atoms with Gasteiger partial charge in [-0.25, -0.2) is 14.8 Å². The number of anilines is 1. The molecule has 1 aromatic carbocycles. The van der Waals surface area contributed by atoms with Crippen LogP contribution in [0.2, 0.25) is 0 Å². The molecule has 0 saturated heterocycles. The lowest BCUT2D eigenvalue weighted by Crippen LogP contribution is -2.11. The normalized spacial score (nSPS) is 10.5. The standard InChI is InChI=1S/C16H19N3O3/c1-3-11-4-6-12(7-5-11)15-18-13(16(20)21)10-14(19-15)17-8-9-22-2/h4-7,10H,3,8-9H2,1-2H3,(H,20,21)(H,17,18,19). The number of aryl methyl sites for hydroxylation is 1. The third-order valence-electron chi connectivity index (χ3n) is 3.18. The van der Waals surface area contributed by atoms with Crippen LogP contribution >= 0.6 is 0 Å². The predicted octanol–water partition coefficient (Wildman–Crippen LogP) is 2.46. The molecular weight excluding hydrogens is 282 g/mol. The second kappa shape index (κ2) is 7.51. The Kier molecular flexibility index (Phi) is 5.43. The van der Waals surface area contributed by atoms with E-state index in [0.29, 0.717) is 24.8 Å². The summed E-state index contributed by atoms with van der Waals surface area (Å²) in [5.74, 6) is -0.217. The van der Waals surface area contributed by atoms with Crippen LogP contribution in [-0.2, 0) is 11.2 Å². The molecule has 1 aromatic heterocycles. The Balaban J connectivity index is 2.33. The van der Waals surface area contributed by atoms with Crippen molar-refractivity contribution in [2.75, 3.05) is 25.6 Å². The van der Waals surface area contributed by atoms with Gasteiger partial charge in [0.1, 0.15) is 5.82 Å². The average molecular weight is 301 g/mol. The van der Waals surface area contributed by atoms with E-state index in [1.165, 1.54) is 11.6 Å². The summed E-state index contributed by atoms with van der Waals surface area (Å²) in [6.45, 7) is 3.13. The van der Waals surface area contributed by atoms with E-state index in [1.807, 2.05) is 24.3 Å². The number of ether oxygens (including phenoxy) is 1. The second-order valence-corrected chi connectivity index (χ2v) is 4.74.